The predicted molar refractivity (Wildman–Crippen MR) is 87.3 cm³/mol. The van der Waals surface area contributed by atoms with Gasteiger partial charge in [0.15, 0.2) is 5.17 Å². The van der Waals surface area contributed by atoms with Gasteiger partial charge in [0.1, 0.15) is 17.5 Å². The Kier molecular flexibility index (Phi) is 3.32. The summed E-state index contributed by atoms with van der Waals surface area (Å²) in [7, 11) is 0. The maximum Gasteiger partial charge on any atom is 0.343 e. The summed E-state index contributed by atoms with van der Waals surface area (Å²) >= 11 is 0.719. The number of rotatable bonds is 2. The summed E-state index contributed by atoms with van der Waals surface area (Å²) in [6.07, 6.45) is 1.18. The number of phenolic OH excluding ortho intramolecular Hbond substituents is 1. The number of carbonyl (C=O) groups is 2. The van der Waals surface area contributed by atoms with Crippen molar-refractivity contribution in [2.45, 2.75) is 6.04 Å². The van der Waals surface area contributed by atoms with E-state index < -0.39 is 28.8 Å². The van der Waals surface area contributed by atoms with Gasteiger partial charge in [0, 0.05) is 17.3 Å². The number of phenols is 1. The molecular formula is C14H9N5O5S. The number of amidine groups is 2. The number of hydrogen-bond donors (Lipinski definition) is 2. The third-order valence-electron chi connectivity index (χ3n) is 3.92. The second kappa shape index (κ2) is 5.41. The lowest BCUT2D eigenvalue weighted by atomic mass is 9.88. The maximum atomic E-state index is 12.5. The third-order valence-corrected chi connectivity index (χ3v) is 4.85. The lowest BCUT2D eigenvalue weighted by molar-refractivity contribution is -0.410. The zero-order valence-corrected chi connectivity index (χ0v) is 13.1. The number of aliphatic imine (C=N–C) groups is 2. The number of fused-ring (bicyclic) bond motifs is 3. The highest BCUT2D eigenvalue weighted by atomic mass is 32.2. The zero-order valence-electron chi connectivity index (χ0n) is 12.3. The highest BCUT2D eigenvalue weighted by Gasteiger charge is 2.48. The van der Waals surface area contributed by atoms with Crippen LogP contribution >= 0.6 is 11.8 Å². The Balaban J connectivity index is 1.82. The van der Waals surface area contributed by atoms with Gasteiger partial charge in [-0.15, -0.1) is 0 Å². The topological polar surface area (TPSA) is 138 Å². The Morgan fingerprint density at radius 3 is 2.76 bits per heavy atom. The number of thioether (sulfide) groups is 1. The summed E-state index contributed by atoms with van der Waals surface area (Å²) in [6, 6.07) is 4.70. The van der Waals surface area contributed by atoms with Gasteiger partial charge in [-0.1, -0.05) is 18.2 Å². The van der Waals surface area contributed by atoms with Crippen LogP contribution in [0.25, 0.3) is 0 Å². The second-order valence-corrected chi connectivity index (χ2v) is 6.35. The normalized spacial score (nSPS) is 24.6. The van der Waals surface area contributed by atoms with Crippen molar-refractivity contribution < 1.29 is 19.6 Å². The average Bonchev–Trinajstić information content (AvgIpc) is 2.99. The molecule has 0 aromatic heterocycles. The molecule has 0 radical (unpaired) electrons. The fourth-order valence-electron chi connectivity index (χ4n) is 2.86. The molecule has 0 saturated carbocycles. The van der Waals surface area contributed by atoms with Crippen LogP contribution in [0.2, 0.25) is 0 Å². The van der Waals surface area contributed by atoms with Crippen molar-refractivity contribution in [1.82, 2.24) is 10.2 Å². The third kappa shape index (κ3) is 2.36. The highest BCUT2D eigenvalue weighted by molar-refractivity contribution is 8.17. The number of benzene rings is 1. The van der Waals surface area contributed by atoms with E-state index in [0.29, 0.717) is 5.56 Å². The molecule has 0 fully saturated rings. The van der Waals surface area contributed by atoms with Crippen molar-refractivity contribution >= 4 is 34.7 Å². The number of amides is 3. The standard InChI is InChI=1S/C14H9N5O5S/c20-7-4-2-1-3-6(7)10-9-11(16-13(22)15-10)18-5-8(19(23)24)25-14(18)17-12(9)21/h1-5,9-10,20H,(H,15,22). The summed E-state index contributed by atoms with van der Waals surface area (Å²) in [5.41, 5.74) is 0.338. The van der Waals surface area contributed by atoms with E-state index in [2.05, 4.69) is 15.3 Å². The lowest BCUT2D eigenvalue weighted by Gasteiger charge is -2.35. The van der Waals surface area contributed by atoms with Crippen LogP contribution in [0.4, 0.5) is 4.79 Å². The van der Waals surface area contributed by atoms with Gasteiger partial charge in [-0.05, 0) is 6.07 Å². The fourth-order valence-corrected chi connectivity index (χ4v) is 3.66. The monoisotopic (exact) mass is 359 g/mol. The largest absolute Gasteiger partial charge is 0.508 e. The Bertz CT molecular complexity index is 924. The van der Waals surface area contributed by atoms with Gasteiger partial charge in [0.25, 0.3) is 5.91 Å². The van der Waals surface area contributed by atoms with E-state index in [1.54, 1.807) is 18.2 Å². The fraction of sp³-hybridized carbons (Fsp3) is 0.143. The molecule has 0 bridgehead atoms. The highest BCUT2D eigenvalue weighted by Crippen LogP contribution is 2.40. The van der Waals surface area contributed by atoms with Crippen molar-refractivity contribution in [2.75, 3.05) is 0 Å². The Hall–Kier alpha value is -3.21. The number of nitrogens with zero attached hydrogens (tertiary/aromatic N) is 4. The van der Waals surface area contributed by atoms with Crippen LogP contribution in [0.3, 0.4) is 0 Å². The Labute approximate surface area is 144 Å². The average molecular weight is 359 g/mol. The predicted octanol–water partition coefficient (Wildman–Crippen LogP) is 1.19. The smallest absolute Gasteiger partial charge is 0.343 e. The summed E-state index contributed by atoms with van der Waals surface area (Å²) < 4.78 is 0. The van der Waals surface area contributed by atoms with Gasteiger partial charge in [0.2, 0.25) is 0 Å². The molecule has 2 N–H and O–H groups in total. The molecule has 1 aromatic carbocycles. The molecule has 3 heterocycles. The van der Waals surface area contributed by atoms with E-state index in [-0.39, 0.29) is 21.8 Å². The number of aromatic hydroxyl groups is 1. The van der Waals surface area contributed by atoms with Crippen LogP contribution in [0.15, 0.2) is 45.5 Å². The van der Waals surface area contributed by atoms with Gasteiger partial charge >= 0.3 is 11.1 Å². The molecule has 4 rings (SSSR count). The molecule has 2 atom stereocenters. The van der Waals surface area contributed by atoms with E-state index in [1.165, 1.54) is 17.2 Å². The van der Waals surface area contributed by atoms with Crippen molar-refractivity contribution in [3.05, 3.63) is 51.2 Å². The minimum atomic E-state index is -0.988. The summed E-state index contributed by atoms with van der Waals surface area (Å²) in [6.45, 7) is 0. The molecule has 10 nitrogen and oxygen atoms in total. The summed E-state index contributed by atoms with van der Waals surface area (Å²) in [5.74, 6) is -1.62. The first-order valence-corrected chi connectivity index (χ1v) is 7.90. The van der Waals surface area contributed by atoms with Gasteiger partial charge in [-0.25, -0.2) is 4.79 Å². The van der Waals surface area contributed by atoms with E-state index in [9.17, 15) is 24.8 Å². The van der Waals surface area contributed by atoms with Gasteiger partial charge in [-0.2, -0.15) is 9.98 Å². The van der Waals surface area contributed by atoms with Crippen LogP contribution in [-0.2, 0) is 4.79 Å². The molecule has 3 amide bonds. The van der Waals surface area contributed by atoms with Crippen LogP contribution < -0.4 is 5.32 Å². The Morgan fingerprint density at radius 1 is 1.28 bits per heavy atom. The van der Waals surface area contributed by atoms with Gasteiger partial charge < -0.3 is 10.4 Å². The molecule has 0 saturated heterocycles. The minimum absolute atomic E-state index is 0.0522. The summed E-state index contributed by atoms with van der Waals surface area (Å²) in [5, 5.41) is 23.5. The number of hydrogen-bond acceptors (Lipinski definition) is 7. The second-order valence-electron chi connectivity index (χ2n) is 5.36. The molecule has 0 aliphatic carbocycles. The van der Waals surface area contributed by atoms with Crippen LogP contribution in [0.5, 0.6) is 5.75 Å². The van der Waals surface area contributed by atoms with Crippen molar-refractivity contribution in [1.29, 1.82) is 0 Å². The minimum Gasteiger partial charge on any atom is -0.508 e. The molecule has 3 aliphatic rings. The first-order valence-electron chi connectivity index (χ1n) is 7.08. The maximum absolute atomic E-state index is 12.5. The van der Waals surface area contributed by atoms with Crippen molar-refractivity contribution in [2.24, 2.45) is 15.9 Å². The zero-order chi connectivity index (χ0) is 17.7. The van der Waals surface area contributed by atoms with E-state index in [4.69, 9.17) is 0 Å². The van der Waals surface area contributed by atoms with Crippen LogP contribution in [0, 0.1) is 16.0 Å². The van der Waals surface area contributed by atoms with Gasteiger partial charge in [0.05, 0.1) is 17.2 Å². The number of urea groups is 1. The number of para-hydroxylation sites is 1. The van der Waals surface area contributed by atoms with E-state index in [0.717, 1.165) is 11.8 Å². The first kappa shape index (κ1) is 15.3. The number of nitro groups is 1. The molecule has 0 spiro atoms. The molecular weight excluding hydrogens is 350 g/mol. The molecule has 11 heteroatoms. The molecule has 126 valence electrons. The molecule has 2 unspecified atom stereocenters. The van der Waals surface area contributed by atoms with Crippen LogP contribution in [0.1, 0.15) is 11.6 Å². The van der Waals surface area contributed by atoms with E-state index >= 15 is 0 Å². The molecule has 1 aromatic rings. The molecule has 3 aliphatic heterocycles. The first-order chi connectivity index (χ1) is 12.0. The van der Waals surface area contributed by atoms with Gasteiger partial charge in [-0.3, -0.25) is 19.8 Å². The molecule has 25 heavy (non-hydrogen) atoms. The SMILES string of the molecule is O=C1N=C2C(C(=O)N=C3SC([N+](=O)[O-])=CN32)C(c2ccccc2O)N1. The van der Waals surface area contributed by atoms with Crippen molar-refractivity contribution in [3.8, 4) is 5.75 Å². The summed E-state index contributed by atoms with van der Waals surface area (Å²) in [4.78, 5) is 43.9. The lowest BCUT2D eigenvalue weighted by Crippen LogP contribution is -2.52. The number of nitrogens with one attached hydrogen (secondary N) is 1. The van der Waals surface area contributed by atoms with Crippen molar-refractivity contribution in [3.63, 3.8) is 0 Å². The van der Waals surface area contributed by atoms with E-state index in [1.807, 2.05) is 0 Å². The Morgan fingerprint density at radius 2 is 2.04 bits per heavy atom. The number of carbonyl (C=O) groups excluding carboxylic acids is 2. The van der Waals surface area contributed by atoms with Crippen LogP contribution in [-0.4, -0.2) is 37.9 Å². The quantitative estimate of drug-likeness (QED) is 0.597.